The SMILES string of the molecule is O=C(c1ccc(Cl)c(F)c1)C1CC1. The quantitative estimate of drug-likeness (QED) is 0.668. The second-order valence-corrected chi connectivity index (χ2v) is 3.67. The Bertz CT molecular complexity index is 358. The molecule has 0 heterocycles. The number of hydrogen-bond acceptors (Lipinski definition) is 1. The molecule has 0 bridgehead atoms. The highest BCUT2D eigenvalue weighted by Gasteiger charge is 2.30. The molecule has 1 aliphatic rings. The van der Waals surface area contributed by atoms with Gasteiger partial charge in [-0.2, -0.15) is 0 Å². The van der Waals surface area contributed by atoms with Crippen LogP contribution in [0.1, 0.15) is 23.2 Å². The van der Waals surface area contributed by atoms with Gasteiger partial charge in [-0.25, -0.2) is 4.39 Å². The van der Waals surface area contributed by atoms with Gasteiger partial charge in [0.05, 0.1) is 5.02 Å². The van der Waals surface area contributed by atoms with Gasteiger partial charge < -0.3 is 0 Å². The molecule has 0 amide bonds. The fourth-order valence-electron chi connectivity index (χ4n) is 1.23. The molecule has 3 heteroatoms. The minimum atomic E-state index is -0.520. The number of benzene rings is 1. The lowest BCUT2D eigenvalue weighted by Crippen LogP contribution is -2.01. The molecule has 1 aromatic carbocycles. The van der Waals surface area contributed by atoms with Gasteiger partial charge in [-0.3, -0.25) is 4.79 Å². The summed E-state index contributed by atoms with van der Waals surface area (Å²) in [6, 6.07) is 4.21. The van der Waals surface area contributed by atoms with E-state index in [1.165, 1.54) is 12.1 Å². The van der Waals surface area contributed by atoms with Crippen molar-refractivity contribution in [1.82, 2.24) is 0 Å². The lowest BCUT2D eigenvalue weighted by Gasteiger charge is -1.99. The molecular weight excluding hydrogens is 191 g/mol. The lowest BCUT2D eigenvalue weighted by atomic mass is 10.1. The Morgan fingerprint density at radius 3 is 2.69 bits per heavy atom. The van der Waals surface area contributed by atoms with E-state index in [1.54, 1.807) is 6.07 Å². The van der Waals surface area contributed by atoms with Crippen LogP contribution < -0.4 is 0 Å². The van der Waals surface area contributed by atoms with Gasteiger partial charge in [0.15, 0.2) is 5.78 Å². The predicted octanol–water partition coefficient (Wildman–Crippen LogP) is 3.07. The van der Waals surface area contributed by atoms with Crippen LogP contribution in [0.25, 0.3) is 0 Å². The van der Waals surface area contributed by atoms with Crippen molar-refractivity contribution in [3.05, 3.63) is 34.6 Å². The Balaban J connectivity index is 2.30. The van der Waals surface area contributed by atoms with Crippen LogP contribution in [-0.2, 0) is 0 Å². The molecular formula is C10H8ClFO. The number of rotatable bonds is 2. The average molecular weight is 199 g/mol. The van der Waals surface area contributed by atoms with Crippen LogP contribution in [0.2, 0.25) is 5.02 Å². The number of Topliss-reactive ketones (excluding diaryl/α,β-unsaturated/α-hetero) is 1. The third-order valence-electron chi connectivity index (χ3n) is 2.15. The van der Waals surface area contributed by atoms with Crippen LogP contribution in [0, 0.1) is 11.7 Å². The van der Waals surface area contributed by atoms with E-state index >= 15 is 0 Å². The van der Waals surface area contributed by atoms with Crippen molar-refractivity contribution in [3.63, 3.8) is 0 Å². The lowest BCUT2D eigenvalue weighted by molar-refractivity contribution is 0.0967. The molecule has 1 aliphatic carbocycles. The summed E-state index contributed by atoms with van der Waals surface area (Å²) >= 11 is 5.49. The summed E-state index contributed by atoms with van der Waals surface area (Å²) < 4.78 is 12.9. The van der Waals surface area contributed by atoms with Crippen molar-refractivity contribution in [3.8, 4) is 0 Å². The van der Waals surface area contributed by atoms with Crippen molar-refractivity contribution < 1.29 is 9.18 Å². The number of ketones is 1. The van der Waals surface area contributed by atoms with Crippen molar-refractivity contribution >= 4 is 17.4 Å². The maximum absolute atomic E-state index is 12.9. The van der Waals surface area contributed by atoms with Crippen molar-refractivity contribution in [2.75, 3.05) is 0 Å². The summed E-state index contributed by atoms with van der Waals surface area (Å²) in [6.45, 7) is 0. The molecule has 2 rings (SSSR count). The Morgan fingerprint density at radius 2 is 2.15 bits per heavy atom. The highest BCUT2D eigenvalue weighted by atomic mass is 35.5. The third-order valence-corrected chi connectivity index (χ3v) is 2.46. The molecule has 0 saturated heterocycles. The molecule has 0 aromatic heterocycles. The summed E-state index contributed by atoms with van der Waals surface area (Å²) in [5.41, 5.74) is 0.435. The Kier molecular flexibility index (Phi) is 2.08. The van der Waals surface area contributed by atoms with Gasteiger partial charge in [-0.1, -0.05) is 11.6 Å². The molecule has 0 unspecified atom stereocenters. The van der Waals surface area contributed by atoms with Crippen molar-refractivity contribution in [1.29, 1.82) is 0 Å². The second-order valence-electron chi connectivity index (χ2n) is 3.27. The summed E-state index contributed by atoms with van der Waals surface area (Å²) in [5.74, 6) is -0.357. The fraction of sp³-hybridized carbons (Fsp3) is 0.300. The highest BCUT2D eigenvalue weighted by molar-refractivity contribution is 6.30. The first-order chi connectivity index (χ1) is 6.18. The maximum atomic E-state index is 12.9. The molecule has 1 saturated carbocycles. The van der Waals surface area contributed by atoms with E-state index < -0.39 is 5.82 Å². The van der Waals surface area contributed by atoms with Gasteiger partial charge in [0.25, 0.3) is 0 Å². The second kappa shape index (κ2) is 3.11. The van der Waals surface area contributed by atoms with Crippen molar-refractivity contribution in [2.45, 2.75) is 12.8 Å². The van der Waals surface area contributed by atoms with E-state index in [-0.39, 0.29) is 16.7 Å². The molecule has 1 aromatic rings. The number of carbonyl (C=O) groups excluding carboxylic acids is 1. The summed E-state index contributed by atoms with van der Waals surface area (Å²) in [4.78, 5) is 11.5. The molecule has 13 heavy (non-hydrogen) atoms. The maximum Gasteiger partial charge on any atom is 0.166 e. The summed E-state index contributed by atoms with van der Waals surface area (Å²) in [7, 11) is 0. The van der Waals surface area contributed by atoms with E-state index in [2.05, 4.69) is 0 Å². The molecule has 0 N–H and O–H groups in total. The molecule has 0 atom stereocenters. The zero-order valence-corrected chi connectivity index (χ0v) is 7.64. The highest BCUT2D eigenvalue weighted by Crippen LogP contribution is 2.33. The van der Waals surface area contributed by atoms with Crippen LogP contribution in [0.5, 0.6) is 0 Å². The monoisotopic (exact) mass is 198 g/mol. The van der Waals surface area contributed by atoms with Gasteiger partial charge >= 0.3 is 0 Å². The predicted molar refractivity (Wildman–Crippen MR) is 48.5 cm³/mol. The molecule has 0 spiro atoms. The smallest absolute Gasteiger partial charge is 0.166 e. The van der Waals surface area contributed by atoms with Gasteiger partial charge in [-0.05, 0) is 31.0 Å². The van der Waals surface area contributed by atoms with Crippen LogP contribution >= 0.6 is 11.6 Å². The molecule has 68 valence electrons. The summed E-state index contributed by atoms with van der Waals surface area (Å²) in [6.07, 6.45) is 1.87. The average Bonchev–Trinajstić information content (AvgIpc) is 2.91. The normalized spacial score (nSPS) is 15.8. The largest absolute Gasteiger partial charge is 0.294 e. The molecule has 1 nitrogen and oxygen atoms in total. The van der Waals surface area contributed by atoms with Crippen LogP contribution in [0.4, 0.5) is 4.39 Å². The zero-order chi connectivity index (χ0) is 9.42. The first-order valence-corrected chi connectivity index (χ1v) is 4.55. The zero-order valence-electron chi connectivity index (χ0n) is 6.89. The van der Waals surface area contributed by atoms with Gasteiger partial charge in [0.1, 0.15) is 5.82 Å². The minimum absolute atomic E-state index is 0.0376. The van der Waals surface area contributed by atoms with Crippen molar-refractivity contribution in [2.24, 2.45) is 5.92 Å². The fourth-order valence-corrected chi connectivity index (χ4v) is 1.35. The molecule has 1 fully saturated rings. The van der Waals surface area contributed by atoms with Crippen LogP contribution in [-0.4, -0.2) is 5.78 Å². The Labute approximate surface area is 80.5 Å². The topological polar surface area (TPSA) is 17.1 Å². The minimum Gasteiger partial charge on any atom is -0.294 e. The van der Waals surface area contributed by atoms with Gasteiger partial charge in [-0.15, -0.1) is 0 Å². The van der Waals surface area contributed by atoms with Gasteiger partial charge in [0.2, 0.25) is 0 Å². The standard InChI is InChI=1S/C10H8ClFO/c11-8-4-3-7(5-9(8)12)10(13)6-1-2-6/h3-6H,1-2H2. The summed E-state index contributed by atoms with van der Waals surface area (Å²) in [5, 5.41) is 0.0624. The van der Waals surface area contributed by atoms with Gasteiger partial charge in [0, 0.05) is 11.5 Å². The molecule has 0 radical (unpaired) electrons. The van der Waals surface area contributed by atoms with E-state index in [0.717, 1.165) is 12.8 Å². The van der Waals surface area contributed by atoms with Crippen LogP contribution in [0.15, 0.2) is 18.2 Å². The third kappa shape index (κ3) is 1.73. The van der Waals surface area contributed by atoms with E-state index in [4.69, 9.17) is 11.6 Å². The number of halogens is 2. The Morgan fingerprint density at radius 1 is 1.46 bits per heavy atom. The first-order valence-electron chi connectivity index (χ1n) is 4.18. The molecule has 0 aliphatic heterocycles. The van der Waals surface area contributed by atoms with E-state index in [9.17, 15) is 9.18 Å². The number of carbonyl (C=O) groups is 1. The van der Waals surface area contributed by atoms with Crippen LogP contribution in [0.3, 0.4) is 0 Å². The van der Waals surface area contributed by atoms with E-state index in [1.807, 2.05) is 0 Å². The van der Waals surface area contributed by atoms with E-state index in [0.29, 0.717) is 5.56 Å². The Hall–Kier alpha value is -0.890. The number of hydrogen-bond donors (Lipinski definition) is 0. The first kappa shape index (κ1) is 8.70.